The Balaban J connectivity index is 1.48. The molecule has 2 aliphatic carbocycles. The van der Waals surface area contributed by atoms with Crippen molar-refractivity contribution in [1.29, 1.82) is 0 Å². The Morgan fingerprint density at radius 3 is 2.81 bits per heavy atom. The number of carboxylic acids is 1. The molecule has 0 saturated carbocycles. The molecule has 7 heteroatoms. The van der Waals surface area contributed by atoms with Crippen LogP contribution < -0.4 is 0 Å². The third kappa shape index (κ3) is 3.90. The first-order valence-electron chi connectivity index (χ1n) is 11.0. The quantitative estimate of drug-likeness (QED) is 0.639. The van der Waals surface area contributed by atoms with Gasteiger partial charge in [0, 0.05) is 16.8 Å². The van der Waals surface area contributed by atoms with Gasteiger partial charge in [0.05, 0.1) is 12.5 Å². The molecule has 0 radical (unpaired) electrons. The van der Waals surface area contributed by atoms with E-state index < -0.39 is 11.9 Å². The van der Waals surface area contributed by atoms with Crippen LogP contribution in [0, 0.1) is 11.3 Å². The van der Waals surface area contributed by atoms with E-state index in [1.165, 1.54) is 16.8 Å². The molecule has 2 aromatic heterocycles. The van der Waals surface area contributed by atoms with E-state index in [1.807, 2.05) is 24.3 Å². The average molecular weight is 431 g/mol. The number of fused-ring (bicyclic) bond motifs is 1. The predicted molar refractivity (Wildman–Crippen MR) is 120 cm³/mol. The van der Waals surface area contributed by atoms with Crippen molar-refractivity contribution in [2.75, 3.05) is 0 Å². The van der Waals surface area contributed by atoms with Crippen LogP contribution in [0.4, 0.5) is 0 Å². The van der Waals surface area contributed by atoms with E-state index in [2.05, 4.69) is 40.8 Å². The van der Waals surface area contributed by atoms with Gasteiger partial charge in [-0.25, -0.2) is 0 Å². The van der Waals surface area contributed by atoms with Gasteiger partial charge in [0.1, 0.15) is 0 Å². The maximum Gasteiger partial charge on any atom is 0.310 e. The zero-order chi connectivity index (χ0) is 22.3. The first-order valence-corrected chi connectivity index (χ1v) is 11.0. The fourth-order valence-corrected chi connectivity index (χ4v) is 4.46. The molecule has 32 heavy (non-hydrogen) atoms. The van der Waals surface area contributed by atoms with Gasteiger partial charge < -0.3 is 9.63 Å². The van der Waals surface area contributed by atoms with Gasteiger partial charge in [-0.05, 0) is 36.7 Å². The van der Waals surface area contributed by atoms with Crippen molar-refractivity contribution in [2.24, 2.45) is 11.3 Å². The van der Waals surface area contributed by atoms with Crippen molar-refractivity contribution in [3.63, 3.8) is 0 Å². The fraction of sp³-hybridized carbons (Fsp3) is 0.360. The van der Waals surface area contributed by atoms with Crippen LogP contribution in [0.1, 0.15) is 49.3 Å². The molecule has 1 aromatic carbocycles. The summed E-state index contributed by atoms with van der Waals surface area (Å²) < 4.78 is 7.72. The van der Waals surface area contributed by atoms with Crippen LogP contribution in [0.15, 0.2) is 53.1 Å². The summed E-state index contributed by atoms with van der Waals surface area (Å²) in [5.74, 6) is -0.460. The second-order valence-electron chi connectivity index (χ2n) is 9.38. The Morgan fingerprint density at radius 2 is 2.09 bits per heavy atom. The lowest BCUT2D eigenvalue weighted by Crippen LogP contribution is -2.24. The van der Waals surface area contributed by atoms with Crippen LogP contribution in [-0.4, -0.2) is 31.0 Å². The summed E-state index contributed by atoms with van der Waals surface area (Å²) >= 11 is 0. The highest BCUT2D eigenvalue weighted by molar-refractivity contribution is 5.78. The number of carbonyl (C=O) groups is 1. The second-order valence-corrected chi connectivity index (χ2v) is 9.38. The van der Waals surface area contributed by atoms with Gasteiger partial charge in [-0.2, -0.15) is 10.1 Å². The van der Waals surface area contributed by atoms with Crippen molar-refractivity contribution in [3.8, 4) is 11.6 Å². The Labute approximate surface area is 186 Å². The highest BCUT2D eigenvalue weighted by Gasteiger charge is 2.33. The smallest absolute Gasteiger partial charge is 0.310 e. The molecule has 5 rings (SSSR count). The molecule has 1 unspecified atom stereocenters. The fourth-order valence-electron chi connectivity index (χ4n) is 4.46. The van der Waals surface area contributed by atoms with E-state index in [4.69, 9.17) is 14.7 Å². The zero-order valence-electron chi connectivity index (χ0n) is 18.3. The largest absolute Gasteiger partial charge is 0.481 e. The zero-order valence-corrected chi connectivity index (χ0v) is 18.3. The number of benzene rings is 1. The minimum Gasteiger partial charge on any atom is -0.481 e. The second kappa shape index (κ2) is 7.89. The van der Waals surface area contributed by atoms with E-state index in [9.17, 15) is 4.79 Å². The van der Waals surface area contributed by atoms with E-state index in [1.54, 1.807) is 12.2 Å². The SMILES string of the molecule is CC1(C)CCc2c(-c3nc(C4=CCC(C(=O)O)C=C4)no3)nn(Cc3ccccc3)c2C1. The summed E-state index contributed by atoms with van der Waals surface area (Å²) in [6.07, 6.45) is 8.64. The molecule has 0 amide bonds. The molecule has 164 valence electrons. The Bertz CT molecular complexity index is 1220. The van der Waals surface area contributed by atoms with Gasteiger partial charge in [-0.3, -0.25) is 9.48 Å². The molecule has 0 aliphatic heterocycles. The van der Waals surface area contributed by atoms with Crippen molar-refractivity contribution < 1.29 is 14.4 Å². The Kier molecular flexibility index (Phi) is 5.04. The van der Waals surface area contributed by atoms with Crippen LogP contribution in [0.25, 0.3) is 17.2 Å². The number of aromatic nitrogens is 4. The number of carboxylic acid groups (broad SMARTS) is 1. The molecule has 0 spiro atoms. The number of nitrogens with zero attached hydrogens (tertiary/aromatic N) is 4. The summed E-state index contributed by atoms with van der Waals surface area (Å²) in [6.45, 7) is 5.30. The van der Waals surface area contributed by atoms with E-state index >= 15 is 0 Å². The van der Waals surface area contributed by atoms with Crippen LogP contribution in [0.5, 0.6) is 0 Å². The summed E-state index contributed by atoms with van der Waals surface area (Å²) in [4.78, 5) is 15.8. The standard InChI is InChI=1S/C25H26N4O3/c1-25(2)13-12-19-20(14-25)29(15-16-6-4-3-5-7-16)27-21(19)23-26-22(28-32-23)17-8-10-18(11-9-17)24(30)31/h3-10,18H,11-15H2,1-2H3,(H,30,31). The van der Waals surface area contributed by atoms with Gasteiger partial charge in [-0.1, -0.05) is 67.6 Å². The highest BCUT2D eigenvalue weighted by Crippen LogP contribution is 2.39. The first kappa shape index (κ1) is 20.4. The van der Waals surface area contributed by atoms with Gasteiger partial charge in [-0.15, -0.1) is 0 Å². The molecule has 3 aromatic rings. The van der Waals surface area contributed by atoms with E-state index in [0.717, 1.165) is 30.5 Å². The predicted octanol–water partition coefficient (Wildman–Crippen LogP) is 4.54. The summed E-state index contributed by atoms with van der Waals surface area (Å²) in [5, 5.41) is 18.2. The molecule has 0 bridgehead atoms. The molecule has 2 aliphatic rings. The Hall–Kier alpha value is -3.48. The van der Waals surface area contributed by atoms with Gasteiger partial charge in [0.25, 0.3) is 5.89 Å². The molecule has 0 saturated heterocycles. The highest BCUT2D eigenvalue weighted by atomic mass is 16.5. The molecule has 0 fully saturated rings. The molecule has 7 nitrogen and oxygen atoms in total. The van der Waals surface area contributed by atoms with Crippen molar-refractivity contribution in [2.45, 2.75) is 46.1 Å². The maximum absolute atomic E-state index is 11.2. The van der Waals surface area contributed by atoms with Gasteiger partial charge in [0.15, 0.2) is 5.69 Å². The molecule has 2 heterocycles. The summed E-state index contributed by atoms with van der Waals surface area (Å²) in [6, 6.07) is 10.3. The number of hydrogen-bond acceptors (Lipinski definition) is 5. The molecular weight excluding hydrogens is 404 g/mol. The topological polar surface area (TPSA) is 94.0 Å². The first-order chi connectivity index (χ1) is 15.4. The van der Waals surface area contributed by atoms with Crippen LogP contribution >= 0.6 is 0 Å². The van der Waals surface area contributed by atoms with Gasteiger partial charge >= 0.3 is 5.97 Å². The minimum atomic E-state index is -0.830. The monoisotopic (exact) mass is 430 g/mol. The normalized spacial score (nSPS) is 19.4. The van der Waals surface area contributed by atoms with Crippen LogP contribution in [-0.2, 0) is 24.2 Å². The lowest BCUT2D eigenvalue weighted by atomic mass is 9.76. The lowest BCUT2D eigenvalue weighted by molar-refractivity contribution is -0.139. The van der Waals surface area contributed by atoms with Crippen molar-refractivity contribution in [3.05, 3.63) is 71.2 Å². The summed E-state index contributed by atoms with van der Waals surface area (Å²) in [7, 11) is 0. The average Bonchev–Trinajstić information content (AvgIpc) is 3.39. The Morgan fingerprint density at radius 1 is 1.28 bits per heavy atom. The van der Waals surface area contributed by atoms with Gasteiger partial charge in [0.2, 0.25) is 5.82 Å². The third-order valence-corrected chi connectivity index (χ3v) is 6.34. The summed E-state index contributed by atoms with van der Waals surface area (Å²) in [5.41, 5.74) is 5.38. The van der Waals surface area contributed by atoms with Crippen molar-refractivity contribution in [1.82, 2.24) is 19.9 Å². The van der Waals surface area contributed by atoms with Crippen LogP contribution in [0.3, 0.4) is 0 Å². The molecular formula is C25H26N4O3. The maximum atomic E-state index is 11.2. The third-order valence-electron chi connectivity index (χ3n) is 6.34. The van der Waals surface area contributed by atoms with Crippen LogP contribution in [0.2, 0.25) is 0 Å². The van der Waals surface area contributed by atoms with E-state index in [-0.39, 0.29) is 5.41 Å². The van der Waals surface area contributed by atoms with E-state index in [0.29, 0.717) is 24.7 Å². The number of allylic oxidation sites excluding steroid dienone is 3. The lowest BCUT2D eigenvalue weighted by Gasteiger charge is -2.30. The number of aliphatic carboxylic acids is 1. The van der Waals surface area contributed by atoms with Crippen molar-refractivity contribution >= 4 is 11.5 Å². The minimum absolute atomic E-state index is 0.219. The number of hydrogen-bond donors (Lipinski definition) is 1. The molecule has 1 N–H and O–H groups in total. The molecule has 1 atom stereocenters. The number of rotatable bonds is 5.